The van der Waals surface area contributed by atoms with Gasteiger partial charge in [-0.1, -0.05) is 29.8 Å². The molecule has 3 heterocycles. The summed E-state index contributed by atoms with van der Waals surface area (Å²) < 4.78 is 16.3. The van der Waals surface area contributed by atoms with Crippen LogP contribution in [-0.4, -0.2) is 52.5 Å². The normalized spacial score (nSPS) is 27.2. The van der Waals surface area contributed by atoms with E-state index in [0.717, 1.165) is 18.4 Å². The fourth-order valence-electron chi connectivity index (χ4n) is 7.17. The van der Waals surface area contributed by atoms with E-state index >= 15 is 4.39 Å². The van der Waals surface area contributed by atoms with Crippen LogP contribution < -0.4 is 10.2 Å². The summed E-state index contributed by atoms with van der Waals surface area (Å²) in [5, 5.41) is 12.9. The third kappa shape index (κ3) is 4.12. The summed E-state index contributed by atoms with van der Waals surface area (Å²) in [6.45, 7) is 0.944. The second kappa shape index (κ2) is 9.64. The van der Waals surface area contributed by atoms with Crippen LogP contribution in [0.1, 0.15) is 40.2 Å². The number of fused-ring (bicyclic) bond motifs is 2. The molecule has 41 heavy (non-hydrogen) atoms. The van der Waals surface area contributed by atoms with Gasteiger partial charge in [-0.05, 0) is 88.3 Å². The Morgan fingerprint density at radius 3 is 2.59 bits per heavy atom. The topological polar surface area (TPSA) is 90.0 Å². The molecule has 0 unspecified atom stereocenters. The van der Waals surface area contributed by atoms with Gasteiger partial charge in [0, 0.05) is 47.9 Å². The third-order valence-electron chi connectivity index (χ3n) is 9.19. The van der Waals surface area contributed by atoms with Crippen molar-refractivity contribution in [2.45, 2.75) is 36.8 Å². The summed E-state index contributed by atoms with van der Waals surface area (Å²) in [5.74, 6) is -3.02. The number of aromatic carboxylic acids is 1. The number of rotatable bonds is 5. The maximum atomic E-state index is 16.0. The summed E-state index contributed by atoms with van der Waals surface area (Å²) in [7, 11) is 0. The number of hydrogen-bond donors (Lipinski definition) is 2. The molecule has 1 spiro atoms. The lowest BCUT2D eigenvalue weighted by molar-refractivity contribution is -0.129. The Labute approximate surface area is 249 Å². The molecule has 2 N–H and O–H groups in total. The van der Waals surface area contributed by atoms with Gasteiger partial charge >= 0.3 is 5.97 Å². The van der Waals surface area contributed by atoms with E-state index in [1.165, 1.54) is 12.1 Å². The molecular weight excluding hydrogens is 613 g/mol. The predicted octanol–water partition coefficient (Wildman–Crippen LogP) is 5.71. The summed E-state index contributed by atoms with van der Waals surface area (Å²) >= 11 is 9.57. The number of nitrogens with zero attached hydrogens (tertiary/aromatic N) is 2. The first-order valence-electron chi connectivity index (χ1n) is 13.6. The molecule has 3 fully saturated rings. The molecule has 2 amide bonds. The van der Waals surface area contributed by atoms with E-state index in [4.69, 9.17) is 11.6 Å². The van der Waals surface area contributed by atoms with E-state index in [1.54, 1.807) is 47.4 Å². The Hall–Kier alpha value is -3.27. The van der Waals surface area contributed by atoms with Gasteiger partial charge in [-0.3, -0.25) is 14.5 Å². The molecule has 4 aliphatic rings. The molecule has 7 nitrogen and oxygen atoms in total. The molecule has 0 radical (unpaired) electrons. The highest BCUT2D eigenvalue weighted by atomic mass is 79.9. The standard InChI is InChI=1S/C31H26BrClFN3O4/c32-22-3-1-2-21(27(22)34)26-25-24(15-36(28(25)38)20-10-7-17(8-11-20)29(39)40)37(14-16-4-5-16)31(26)13-18-6-9-19(33)12-23(18)35-30(31)41/h1-3,6-12,16,24-26H,4-5,13-15H2,(H,35,41)(H,39,40)/t24-,25+,26-,31+/m0/s1. The van der Waals surface area contributed by atoms with Crippen molar-refractivity contribution in [1.82, 2.24) is 4.90 Å². The smallest absolute Gasteiger partial charge is 0.335 e. The van der Waals surface area contributed by atoms with E-state index in [2.05, 4.69) is 26.1 Å². The first-order chi connectivity index (χ1) is 19.7. The quantitative estimate of drug-likeness (QED) is 0.374. The van der Waals surface area contributed by atoms with E-state index < -0.39 is 29.2 Å². The van der Waals surface area contributed by atoms with E-state index in [0.29, 0.717) is 47.4 Å². The zero-order valence-corrected chi connectivity index (χ0v) is 24.2. The first kappa shape index (κ1) is 26.6. The van der Waals surface area contributed by atoms with E-state index in [1.807, 2.05) is 6.07 Å². The van der Waals surface area contributed by atoms with Crippen molar-refractivity contribution in [1.29, 1.82) is 0 Å². The van der Waals surface area contributed by atoms with Gasteiger partial charge in [-0.15, -0.1) is 0 Å². The van der Waals surface area contributed by atoms with Crippen molar-refractivity contribution >= 4 is 56.7 Å². The number of amides is 2. The zero-order chi connectivity index (χ0) is 28.6. The Kier molecular flexibility index (Phi) is 6.26. The van der Waals surface area contributed by atoms with Gasteiger partial charge in [0.25, 0.3) is 0 Å². The molecule has 2 saturated heterocycles. The number of carbonyl (C=O) groups excluding carboxylic acids is 2. The Balaban J connectivity index is 1.39. The van der Waals surface area contributed by atoms with Crippen molar-refractivity contribution in [2.75, 3.05) is 23.3 Å². The van der Waals surface area contributed by atoms with Gasteiger partial charge in [-0.25, -0.2) is 9.18 Å². The predicted molar refractivity (Wildman–Crippen MR) is 156 cm³/mol. The van der Waals surface area contributed by atoms with Crippen LogP contribution in [0.4, 0.5) is 15.8 Å². The minimum Gasteiger partial charge on any atom is -0.478 e. The van der Waals surface area contributed by atoms with Crippen molar-refractivity contribution in [3.63, 3.8) is 0 Å². The largest absolute Gasteiger partial charge is 0.478 e. The fourth-order valence-corrected chi connectivity index (χ4v) is 7.73. The van der Waals surface area contributed by atoms with E-state index in [-0.39, 0.29) is 27.9 Å². The molecule has 4 atom stereocenters. The molecule has 0 aromatic heterocycles. The summed E-state index contributed by atoms with van der Waals surface area (Å²) in [4.78, 5) is 44.0. The molecule has 10 heteroatoms. The van der Waals surface area contributed by atoms with Gasteiger partial charge < -0.3 is 15.3 Å². The van der Waals surface area contributed by atoms with Crippen molar-refractivity contribution < 1.29 is 23.9 Å². The second-order valence-corrected chi connectivity index (χ2v) is 12.8. The molecule has 7 rings (SSSR count). The van der Waals surface area contributed by atoms with Crippen LogP contribution in [0.3, 0.4) is 0 Å². The molecule has 3 aromatic carbocycles. The number of hydrogen-bond acceptors (Lipinski definition) is 4. The van der Waals surface area contributed by atoms with Gasteiger partial charge in [-0.2, -0.15) is 0 Å². The molecule has 1 saturated carbocycles. The van der Waals surface area contributed by atoms with Crippen LogP contribution in [0.5, 0.6) is 0 Å². The highest BCUT2D eigenvalue weighted by Crippen LogP contribution is 2.58. The summed E-state index contributed by atoms with van der Waals surface area (Å²) in [6, 6.07) is 16.3. The third-order valence-corrected chi connectivity index (χ3v) is 10.0. The highest BCUT2D eigenvalue weighted by molar-refractivity contribution is 9.10. The Bertz CT molecular complexity index is 1610. The second-order valence-electron chi connectivity index (χ2n) is 11.5. The minimum absolute atomic E-state index is 0.127. The van der Waals surface area contributed by atoms with Crippen LogP contribution in [0.25, 0.3) is 0 Å². The maximum absolute atomic E-state index is 16.0. The van der Waals surface area contributed by atoms with Gasteiger partial charge in [0.05, 0.1) is 16.0 Å². The molecule has 3 aromatic rings. The molecular formula is C31H26BrClFN3O4. The number of carboxylic acids is 1. The number of halogens is 3. The summed E-state index contributed by atoms with van der Waals surface area (Å²) in [6.07, 6.45) is 2.41. The molecule has 0 bridgehead atoms. The lowest BCUT2D eigenvalue weighted by atomic mass is 9.69. The average Bonchev–Trinajstić information content (AvgIpc) is 3.66. The first-order valence-corrected chi connectivity index (χ1v) is 14.8. The number of nitrogens with one attached hydrogen (secondary N) is 1. The van der Waals surface area contributed by atoms with Crippen LogP contribution in [0.15, 0.2) is 65.1 Å². The molecule has 1 aliphatic carbocycles. The van der Waals surface area contributed by atoms with Crippen LogP contribution in [0.2, 0.25) is 5.02 Å². The number of likely N-dealkylation sites (tertiary alicyclic amines) is 1. The molecule has 3 aliphatic heterocycles. The Morgan fingerprint density at radius 1 is 1.12 bits per heavy atom. The maximum Gasteiger partial charge on any atom is 0.335 e. The summed E-state index contributed by atoms with van der Waals surface area (Å²) in [5.41, 5.74) is 1.38. The molecule has 210 valence electrons. The lowest BCUT2D eigenvalue weighted by Gasteiger charge is -2.46. The van der Waals surface area contributed by atoms with Gasteiger partial charge in [0.15, 0.2) is 0 Å². The highest BCUT2D eigenvalue weighted by Gasteiger charge is 2.69. The number of benzene rings is 3. The van der Waals surface area contributed by atoms with Crippen LogP contribution in [-0.2, 0) is 16.0 Å². The number of carbonyl (C=O) groups is 3. The fraction of sp³-hybridized carbons (Fsp3) is 0.323. The zero-order valence-electron chi connectivity index (χ0n) is 21.8. The SMILES string of the molecule is O=C(O)c1ccc(N2C[C@H]3[C@@H](C2=O)[C@H](c2cccc(Br)c2F)[C@@]2(Cc4ccc(Cl)cc4NC2=O)N3CC2CC2)cc1. The monoisotopic (exact) mass is 637 g/mol. The van der Waals surface area contributed by atoms with E-state index in [9.17, 15) is 19.5 Å². The van der Waals surface area contributed by atoms with Crippen molar-refractivity contribution in [3.8, 4) is 0 Å². The van der Waals surface area contributed by atoms with Crippen LogP contribution in [0, 0.1) is 17.7 Å². The van der Waals surface area contributed by atoms with Gasteiger partial charge in [0.2, 0.25) is 11.8 Å². The van der Waals surface area contributed by atoms with Crippen LogP contribution >= 0.6 is 27.5 Å². The lowest BCUT2D eigenvalue weighted by Crippen LogP contribution is -2.62. The Morgan fingerprint density at radius 2 is 1.88 bits per heavy atom. The number of carboxylic acid groups (broad SMARTS) is 1. The van der Waals surface area contributed by atoms with Gasteiger partial charge in [0.1, 0.15) is 11.4 Å². The van der Waals surface area contributed by atoms with Crippen molar-refractivity contribution in [3.05, 3.63) is 92.7 Å². The number of anilines is 2. The minimum atomic E-state index is -1.19. The average molecular weight is 639 g/mol. The van der Waals surface area contributed by atoms with Crippen molar-refractivity contribution in [2.24, 2.45) is 11.8 Å².